The van der Waals surface area contributed by atoms with Gasteiger partial charge in [0, 0.05) is 30.5 Å². The number of amides is 1. The van der Waals surface area contributed by atoms with Crippen LogP contribution in [-0.4, -0.2) is 34.2 Å². The third kappa shape index (κ3) is 5.95. The number of fused-ring (bicyclic) bond motifs is 1. The van der Waals surface area contributed by atoms with Crippen LogP contribution >= 0.6 is 11.8 Å². The van der Waals surface area contributed by atoms with Crippen LogP contribution in [0.1, 0.15) is 40.9 Å². The number of carbonyl (C=O) groups is 1. The molecule has 0 saturated heterocycles. The number of ether oxygens (including phenoxy) is 2. The quantitative estimate of drug-likeness (QED) is 0.232. The van der Waals surface area contributed by atoms with E-state index in [1.807, 2.05) is 25.3 Å². The molecule has 1 unspecified atom stereocenters. The predicted molar refractivity (Wildman–Crippen MR) is 141 cm³/mol. The zero-order chi connectivity index (χ0) is 29.5. The average molecular weight is 596 g/mol. The van der Waals surface area contributed by atoms with Gasteiger partial charge in [0.05, 0.1) is 29.2 Å². The summed E-state index contributed by atoms with van der Waals surface area (Å²) in [6.07, 6.45) is -6.29. The van der Waals surface area contributed by atoms with Crippen LogP contribution in [0.15, 0.2) is 64.6 Å². The van der Waals surface area contributed by atoms with Crippen LogP contribution in [0.3, 0.4) is 0 Å². The van der Waals surface area contributed by atoms with Crippen molar-refractivity contribution in [1.29, 1.82) is 0 Å². The Morgan fingerprint density at radius 3 is 2.51 bits per heavy atom. The first-order chi connectivity index (χ1) is 19.3. The van der Waals surface area contributed by atoms with E-state index in [0.717, 1.165) is 18.3 Å². The Morgan fingerprint density at radius 1 is 1.02 bits per heavy atom. The van der Waals surface area contributed by atoms with Crippen molar-refractivity contribution in [1.82, 2.24) is 9.47 Å². The van der Waals surface area contributed by atoms with E-state index in [1.165, 1.54) is 24.9 Å². The van der Waals surface area contributed by atoms with Gasteiger partial charge in [-0.2, -0.15) is 31.3 Å². The van der Waals surface area contributed by atoms with E-state index in [1.54, 1.807) is 18.2 Å². The molecule has 0 saturated carbocycles. The zero-order valence-corrected chi connectivity index (χ0v) is 22.5. The van der Waals surface area contributed by atoms with E-state index >= 15 is 0 Å². The fourth-order valence-corrected chi connectivity index (χ4v) is 5.72. The van der Waals surface area contributed by atoms with E-state index in [9.17, 15) is 31.1 Å². The monoisotopic (exact) mass is 595 g/mol. The third-order valence-corrected chi connectivity index (χ3v) is 7.83. The lowest BCUT2D eigenvalue weighted by molar-refractivity contribution is -0.143. The molecule has 1 amide bonds. The fourth-order valence-electron chi connectivity index (χ4n) is 4.70. The number of hydrogen-bond acceptors (Lipinski definition) is 5. The summed E-state index contributed by atoms with van der Waals surface area (Å²) in [6, 6.07) is 10.0. The van der Waals surface area contributed by atoms with E-state index in [0.29, 0.717) is 28.2 Å². The van der Waals surface area contributed by atoms with Crippen LogP contribution in [0.4, 0.5) is 26.3 Å². The third-order valence-electron chi connectivity index (χ3n) is 6.81. The summed E-state index contributed by atoms with van der Waals surface area (Å²) in [5, 5.41) is 0.602. The Hall–Kier alpha value is -3.87. The number of nitrogens with zero attached hydrogens (tertiary/aromatic N) is 3. The molecule has 1 atom stereocenters. The van der Waals surface area contributed by atoms with Crippen LogP contribution < -0.4 is 9.47 Å². The molecule has 2 aliphatic heterocycles. The highest BCUT2D eigenvalue weighted by Gasteiger charge is 2.38. The topological polar surface area (TPSA) is 56.1 Å². The van der Waals surface area contributed by atoms with Crippen molar-refractivity contribution in [3.05, 3.63) is 87.6 Å². The molecule has 1 aromatic heterocycles. The maximum absolute atomic E-state index is 13.5. The zero-order valence-electron chi connectivity index (χ0n) is 21.7. The fraction of sp³-hybridized carbons (Fsp3) is 0.286. The summed E-state index contributed by atoms with van der Waals surface area (Å²) in [5.74, 6) is -0.142. The number of aliphatic imine (C=N–C) groups is 1. The number of halogens is 6. The van der Waals surface area contributed by atoms with E-state index in [4.69, 9.17) is 9.47 Å². The Balaban J connectivity index is 1.31. The summed E-state index contributed by atoms with van der Waals surface area (Å²) >= 11 is 1.25. The van der Waals surface area contributed by atoms with Gasteiger partial charge in [0.25, 0.3) is 5.91 Å². The van der Waals surface area contributed by atoms with Gasteiger partial charge in [-0.15, -0.1) is 0 Å². The highest BCUT2D eigenvalue weighted by atomic mass is 32.2. The van der Waals surface area contributed by atoms with Gasteiger partial charge in [-0.1, -0.05) is 12.1 Å². The van der Waals surface area contributed by atoms with Gasteiger partial charge in [-0.05, 0) is 66.7 Å². The molecule has 2 aromatic carbocycles. The van der Waals surface area contributed by atoms with Crippen LogP contribution in [0.5, 0.6) is 11.5 Å². The van der Waals surface area contributed by atoms with Gasteiger partial charge < -0.3 is 18.9 Å². The molecule has 0 aliphatic carbocycles. The minimum Gasteiger partial charge on any atom is -0.493 e. The second kappa shape index (κ2) is 10.8. The van der Waals surface area contributed by atoms with E-state index in [2.05, 4.69) is 14.5 Å². The number of amidine groups is 1. The number of benzene rings is 2. The first kappa shape index (κ1) is 28.7. The van der Waals surface area contributed by atoms with Crippen molar-refractivity contribution in [3.8, 4) is 11.5 Å². The van der Waals surface area contributed by atoms with Crippen molar-refractivity contribution in [2.45, 2.75) is 38.5 Å². The van der Waals surface area contributed by atoms with Gasteiger partial charge in [-0.3, -0.25) is 4.79 Å². The second-order valence-electron chi connectivity index (χ2n) is 9.37. The van der Waals surface area contributed by atoms with E-state index < -0.39 is 35.6 Å². The summed E-state index contributed by atoms with van der Waals surface area (Å²) in [6.45, 7) is 2.87. The molecule has 2 aliphatic rings. The molecule has 13 heteroatoms. The Labute approximate surface area is 235 Å². The highest BCUT2D eigenvalue weighted by Crippen LogP contribution is 2.39. The summed E-state index contributed by atoms with van der Waals surface area (Å²) in [4.78, 5) is 19.4. The maximum Gasteiger partial charge on any atom is 0.416 e. The van der Waals surface area contributed by atoms with Gasteiger partial charge in [0.1, 0.15) is 6.61 Å². The maximum atomic E-state index is 13.5. The summed E-state index contributed by atoms with van der Waals surface area (Å²) < 4.78 is 92.4. The Bertz CT molecular complexity index is 1540. The van der Waals surface area contributed by atoms with Crippen LogP contribution in [0, 0.1) is 0 Å². The molecule has 6 nitrogen and oxygen atoms in total. The smallest absolute Gasteiger partial charge is 0.416 e. The van der Waals surface area contributed by atoms with Gasteiger partial charge in [0.15, 0.2) is 16.7 Å². The molecule has 0 bridgehead atoms. The van der Waals surface area contributed by atoms with Gasteiger partial charge in [0.2, 0.25) is 0 Å². The minimum atomic E-state index is -5.01. The lowest BCUT2D eigenvalue weighted by Crippen LogP contribution is -2.38. The number of methoxy groups -OCH3 is 1. The first-order valence-electron chi connectivity index (χ1n) is 12.4. The number of aromatic nitrogens is 1. The lowest BCUT2D eigenvalue weighted by atomic mass is 10.0. The molecule has 0 N–H and O–H groups in total. The largest absolute Gasteiger partial charge is 0.493 e. The molecule has 41 heavy (non-hydrogen) atoms. The SMILES string of the molecule is COc1cc(C=C2SC(N3CCn4cccc4C3C)=NC2=O)ccc1OCc1ccc(C(F)(F)F)cc1C(F)(F)F. The van der Waals surface area contributed by atoms with Crippen molar-refractivity contribution in [2.24, 2.45) is 4.99 Å². The molecule has 3 aromatic rings. The standard InChI is InChI=1S/C28H23F6N3O3S/c1-16-21-4-3-9-36(21)10-11-37(16)26-35-25(38)24(41-26)13-17-5-8-22(23(12-17)39-2)40-15-18-6-7-19(27(29,30)31)14-20(18)28(32,33)34/h3-9,12-14,16H,10-11,15H2,1-2H3. The number of rotatable bonds is 5. The van der Waals surface area contributed by atoms with Crippen LogP contribution in [0.2, 0.25) is 0 Å². The lowest BCUT2D eigenvalue weighted by Gasteiger charge is -2.35. The predicted octanol–water partition coefficient (Wildman–Crippen LogP) is 7.16. The van der Waals surface area contributed by atoms with E-state index in [-0.39, 0.29) is 29.5 Å². The van der Waals surface area contributed by atoms with Gasteiger partial charge in [-0.25, -0.2) is 0 Å². The molecule has 0 fully saturated rings. The minimum absolute atomic E-state index is 0.0382. The van der Waals surface area contributed by atoms with Gasteiger partial charge >= 0.3 is 12.4 Å². The normalized spacial score (nSPS) is 18.5. The van der Waals surface area contributed by atoms with Crippen LogP contribution in [-0.2, 0) is 30.3 Å². The molecule has 216 valence electrons. The van der Waals surface area contributed by atoms with Crippen molar-refractivity contribution < 1.29 is 40.6 Å². The Kier molecular flexibility index (Phi) is 7.58. The highest BCUT2D eigenvalue weighted by molar-refractivity contribution is 8.18. The first-order valence-corrected chi connectivity index (χ1v) is 13.2. The summed E-state index contributed by atoms with van der Waals surface area (Å²) in [5.41, 5.74) is -1.61. The molecular weight excluding hydrogens is 572 g/mol. The average Bonchev–Trinajstić information content (AvgIpc) is 3.54. The number of hydrogen-bond donors (Lipinski definition) is 0. The molecule has 5 rings (SSSR count). The summed E-state index contributed by atoms with van der Waals surface area (Å²) in [7, 11) is 1.34. The Morgan fingerprint density at radius 2 is 1.80 bits per heavy atom. The molecule has 0 spiro atoms. The second-order valence-corrected chi connectivity index (χ2v) is 10.4. The van der Waals surface area contributed by atoms with Crippen LogP contribution in [0.25, 0.3) is 6.08 Å². The van der Waals surface area contributed by atoms with Crippen molar-refractivity contribution in [2.75, 3.05) is 13.7 Å². The number of carbonyl (C=O) groups excluding carboxylic acids is 1. The number of alkyl halides is 6. The molecule has 0 radical (unpaired) electrons. The number of thioether (sulfide) groups is 1. The van der Waals surface area contributed by atoms with Crippen molar-refractivity contribution in [3.63, 3.8) is 0 Å². The van der Waals surface area contributed by atoms with Crippen molar-refractivity contribution >= 4 is 28.9 Å². The molecular formula is C28H23F6N3O3S. The molecule has 3 heterocycles.